The maximum absolute atomic E-state index is 8.51. The van der Waals surface area contributed by atoms with E-state index in [4.69, 9.17) is 5.11 Å². The standard InChI is InChI=1S/C6H11N3O/c1-2-6-5-9(3-4-10)8-7-6/h5,10H,2-4H2,1H3. The molecule has 1 aromatic heterocycles. The Morgan fingerprint density at radius 3 is 3.00 bits per heavy atom. The summed E-state index contributed by atoms with van der Waals surface area (Å²) in [5.41, 5.74) is 0.966. The van der Waals surface area contributed by atoms with Crippen molar-refractivity contribution < 1.29 is 5.11 Å². The van der Waals surface area contributed by atoms with Crippen molar-refractivity contribution in [2.75, 3.05) is 6.61 Å². The molecule has 0 fully saturated rings. The average Bonchev–Trinajstić information content (AvgIpc) is 2.37. The lowest BCUT2D eigenvalue weighted by Gasteiger charge is -1.91. The highest BCUT2D eigenvalue weighted by molar-refractivity contribution is 4.90. The predicted octanol–water partition coefficient (Wildman–Crippen LogP) is -0.167. The van der Waals surface area contributed by atoms with Gasteiger partial charge in [-0.3, -0.25) is 0 Å². The Kier molecular flexibility index (Phi) is 2.39. The molecule has 10 heavy (non-hydrogen) atoms. The van der Waals surface area contributed by atoms with Crippen LogP contribution in [0.2, 0.25) is 0 Å². The first-order chi connectivity index (χ1) is 4.86. The molecule has 4 heteroatoms. The second-order valence-corrected chi connectivity index (χ2v) is 2.05. The first-order valence-electron chi connectivity index (χ1n) is 3.36. The highest BCUT2D eigenvalue weighted by Gasteiger charge is 1.95. The third-order valence-electron chi connectivity index (χ3n) is 1.28. The number of aliphatic hydroxyl groups is 1. The molecule has 0 saturated carbocycles. The van der Waals surface area contributed by atoms with Crippen molar-refractivity contribution in [3.63, 3.8) is 0 Å². The van der Waals surface area contributed by atoms with Crippen LogP contribution >= 0.6 is 0 Å². The van der Waals surface area contributed by atoms with Crippen LogP contribution in [0.25, 0.3) is 0 Å². The quantitative estimate of drug-likeness (QED) is 0.636. The number of nitrogens with zero attached hydrogens (tertiary/aromatic N) is 3. The van der Waals surface area contributed by atoms with Gasteiger partial charge in [0.15, 0.2) is 0 Å². The van der Waals surface area contributed by atoms with Crippen molar-refractivity contribution in [1.82, 2.24) is 15.0 Å². The van der Waals surface area contributed by atoms with E-state index in [2.05, 4.69) is 10.3 Å². The monoisotopic (exact) mass is 141 g/mol. The molecule has 0 aliphatic heterocycles. The Bertz CT molecular complexity index is 197. The van der Waals surface area contributed by atoms with E-state index in [9.17, 15) is 0 Å². The second-order valence-electron chi connectivity index (χ2n) is 2.05. The highest BCUT2D eigenvalue weighted by Crippen LogP contribution is 1.92. The number of aromatic nitrogens is 3. The van der Waals surface area contributed by atoms with Crippen molar-refractivity contribution in [1.29, 1.82) is 0 Å². The summed E-state index contributed by atoms with van der Waals surface area (Å²) in [7, 11) is 0. The van der Waals surface area contributed by atoms with E-state index >= 15 is 0 Å². The maximum atomic E-state index is 8.51. The molecule has 0 spiro atoms. The van der Waals surface area contributed by atoms with Crippen molar-refractivity contribution in [3.05, 3.63) is 11.9 Å². The molecule has 0 aromatic carbocycles. The van der Waals surface area contributed by atoms with Gasteiger partial charge >= 0.3 is 0 Å². The SMILES string of the molecule is CCc1cn(CCO)nn1. The Balaban J connectivity index is 2.59. The number of hydrogen-bond acceptors (Lipinski definition) is 3. The third kappa shape index (κ3) is 1.54. The van der Waals surface area contributed by atoms with E-state index in [-0.39, 0.29) is 6.61 Å². The van der Waals surface area contributed by atoms with E-state index in [1.165, 1.54) is 0 Å². The number of aliphatic hydroxyl groups excluding tert-OH is 1. The van der Waals surface area contributed by atoms with Gasteiger partial charge in [0.2, 0.25) is 0 Å². The van der Waals surface area contributed by atoms with E-state index in [0.717, 1.165) is 12.1 Å². The zero-order valence-electron chi connectivity index (χ0n) is 5.99. The highest BCUT2D eigenvalue weighted by atomic mass is 16.3. The molecule has 4 nitrogen and oxygen atoms in total. The van der Waals surface area contributed by atoms with Crippen LogP contribution in [0.15, 0.2) is 6.20 Å². The molecular weight excluding hydrogens is 130 g/mol. The normalized spacial score (nSPS) is 10.2. The molecular formula is C6H11N3O. The minimum absolute atomic E-state index is 0.118. The number of rotatable bonds is 3. The van der Waals surface area contributed by atoms with Gasteiger partial charge in [-0.2, -0.15) is 0 Å². The predicted molar refractivity (Wildman–Crippen MR) is 36.5 cm³/mol. The lowest BCUT2D eigenvalue weighted by Crippen LogP contribution is -2.02. The van der Waals surface area contributed by atoms with Crippen molar-refractivity contribution >= 4 is 0 Å². The topological polar surface area (TPSA) is 50.9 Å². The largest absolute Gasteiger partial charge is 0.394 e. The summed E-state index contributed by atoms with van der Waals surface area (Å²) in [6.07, 6.45) is 2.74. The van der Waals surface area contributed by atoms with Gasteiger partial charge in [0, 0.05) is 6.20 Å². The third-order valence-corrected chi connectivity index (χ3v) is 1.28. The van der Waals surface area contributed by atoms with E-state index in [0.29, 0.717) is 6.54 Å². The van der Waals surface area contributed by atoms with Crippen LogP contribution < -0.4 is 0 Å². The van der Waals surface area contributed by atoms with E-state index < -0.39 is 0 Å². The molecule has 1 heterocycles. The van der Waals surface area contributed by atoms with Crippen LogP contribution in [-0.4, -0.2) is 26.7 Å². The molecule has 0 aliphatic rings. The van der Waals surface area contributed by atoms with Gasteiger partial charge in [0.05, 0.1) is 18.8 Å². The summed E-state index contributed by atoms with van der Waals surface area (Å²) in [6, 6.07) is 0. The van der Waals surface area contributed by atoms with Crippen LogP contribution in [0.1, 0.15) is 12.6 Å². The summed E-state index contributed by atoms with van der Waals surface area (Å²) in [5.74, 6) is 0. The molecule has 0 atom stereocenters. The first-order valence-corrected chi connectivity index (χ1v) is 3.36. The smallest absolute Gasteiger partial charge is 0.0824 e. The molecule has 0 aliphatic carbocycles. The molecule has 0 bridgehead atoms. The summed E-state index contributed by atoms with van der Waals surface area (Å²) in [5, 5.41) is 16.2. The van der Waals surface area contributed by atoms with Gasteiger partial charge in [-0.05, 0) is 6.42 Å². The fourth-order valence-corrected chi connectivity index (χ4v) is 0.712. The molecule has 0 radical (unpaired) electrons. The van der Waals surface area contributed by atoms with Gasteiger partial charge in [-0.25, -0.2) is 4.68 Å². The lowest BCUT2D eigenvalue weighted by molar-refractivity contribution is 0.268. The van der Waals surface area contributed by atoms with Crippen LogP contribution in [0, 0.1) is 0 Å². The van der Waals surface area contributed by atoms with Gasteiger partial charge in [0.25, 0.3) is 0 Å². The fraction of sp³-hybridized carbons (Fsp3) is 0.667. The van der Waals surface area contributed by atoms with Crippen LogP contribution in [0.4, 0.5) is 0 Å². The Hall–Kier alpha value is -0.900. The number of aryl methyl sites for hydroxylation is 1. The minimum Gasteiger partial charge on any atom is -0.394 e. The zero-order valence-corrected chi connectivity index (χ0v) is 5.99. The zero-order chi connectivity index (χ0) is 7.40. The van der Waals surface area contributed by atoms with Gasteiger partial charge in [-0.15, -0.1) is 5.10 Å². The van der Waals surface area contributed by atoms with Gasteiger partial charge < -0.3 is 5.11 Å². The molecule has 0 saturated heterocycles. The van der Waals surface area contributed by atoms with E-state index in [1.54, 1.807) is 4.68 Å². The fourth-order valence-electron chi connectivity index (χ4n) is 0.712. The Morgan fingerprint density at radius 1 is 1.70 bits per heavy atom. The number of hydrogen-bond donors (Lipinski definition) is 1. The Labute approximate surface area is 59.5 Å². The summed E-state index contributed by atoms with van der Waals surface area (Å²) < 4.78 is 1.64. The second kappa shape index (κ2) is 3.31. The van der Waals surface area contributed by atoms with Gasteiger partial charge in [-0.1, -0.05) is 12.1 Å². The van der Waals surface area contributed by atoms with Crippen LogP contribution in [-0.2, 0) is 13.0 Å². The summed E-state index contributed by atoms with van der Waals surface area (Å²) >= 11 is 0. The summed E-state index contributed by atoms with van der Waals surface area (Å²) in [6.45, 7) is 2.67. The Morgan fingerprint density at radius 2 is 2.50 bits per heavy atom. The lowest BCUT2D eigenvalue weighted by atomic mass is 10.4. The molecule has 0 amide bonds. The molecule has 1 rings (SSSR count). The molecule has 56 valence electrons. The first kappa shape index (κ1) is 7.21. The summed E-state index contributed by atoms with van der Waals surface area (Å²) in [4.78, 5) is 0. The van der Waals surface area contributed by atoms with Crippen molar-refractivity contribution in [2.45, 2.75) is 19.9 Å². The van der Waals surface area contributed by atoms with E-state index in [1.807, 2.05) is 13.1 Å². The van der Waals surface area contributed by atoms with Crippen molar-refractivity contribution in [2.24, 2.45) is 0 Å². The van der Waals surface area contributed by atoms with Crippen LogP contribution in [0.5, 0.6) is 0 Å². The molecule has 0 unspecified atom stereocenters. The minimum atomic E-state index is 0.118. The van der Waals surface area contributed by atoms with Crippen LogP contribution in [0.3, 0.4) is 0 Å². The van der Waals surface area contributed by atoms with Gasteiger partial charge in [0.1, 0.15) is 0 Å². The maximum Gasteiger partial charge on any atom is 0.0824 e. The molecule has 1 N–H and O–H groups in total. The van der Waals surface area contributed by atoms with Crippen molar-refractivity contribution in [3.8, 4) is 0 Å². The average molecular weight is 141 g/mol. The molecule has 1 aromatic rings.